The summed E-state index contributed by atoms with van der Waals surface area (Å²) < 4.78 is 43.8. The lowest BCUT2D eigenvalue weighted by molar-refractivity contribution is -0.137. The first-order chi connectivity index (χ1) is 10.7. The summed E-state index contributed by atoms with van der Waals surface area (Å²) >= 11 is 0. The number of alkyl halides is 3. The largest absolute Gasteiger partial charge is 0.469 e. The van der Waals surface area contributed by atoms with Crippen molar-refractivity contribution < 1.29 is 27.5 Å². The van der Waals surface area contributed by atoms with Crippen molar-refractivity contribution in [2.45, 2.75) is 25.1 Å². The third-order valence-corrected chi connectivity index (χ3v) is 3.24. The number of carbonyl (C=O) groups excluding carboxylic acids is 1. The molecular weight excluding hydrogens is 311 g/mol. The highest BCUT2D eigenvalue weighted by molar-refractivity contribution is 5.95. The van der Waals surface area contributed by atoms with E-state index in [1.54, 1.807) is 12.1 Å². The van der Waals surface area contributed by atoms with Crippen LogP contribution in [0.5, 0.6) is 0 Å². The van der Waals surface area contributed by atoms with E-state index in [1.807, 2.05) is 0 Å². The molecule has 2 rings (SSSR count). The van der Waals surface area contributed by atoms with Gasteiger partial charge in [0.1, 0.15) is 5.76 Å². The summed E-state index contributed by atoms with van der Waals surface area (Å²) in [5, 5.41) is 12.5. The van der Waals surface area contributed by atoms with E-state index in [2.05, 4.69) is 5.32 Å². The standard InChI is InChI=1S/C16H16F3NO3/c1-15(22,9-11-5-4-8-23-11)10-20-14(21)12-6-2-3-7-13(12)16(17,18)19/h2-8,22H,9-10H2,1H3,(H,20,21)/t15-/m0/s1. The molecule has 23 heavy (non-hydrogen) atoms. The predicted molar refractivity (Wildman–Crippen MR) is 76.8 cm³/mol. The summed E-state index contributed by atoms with van der Waals surface area (Å²) in [4.78, 5) is 12.0. The van der Waals surface area contributed by atoms with E-state index in [1.165, 1.54) is 25.3 Å². The van der Waals surface area contributed by atoms with Crippen LogP contribution in [-0.4, -0.2) is 23.2 Å². The average Bonchev–Trinajstić information content (AvgIpc) is 2.96. The molecule has 0 unspecified atom stereocenters. The van der Waals surface area contributed by atoms with Crippen molar-refractivity contribution in [1.29, 1.82) is 0 Å². The molecule has 0 saturated heterocycles. The minimum Gasteiger partial charge on any atom is -0.469 e. The van der Waals surface area contributed by atoms with Crippen LogP contribution in [0.1, 0.15) is 28.6 Å². The van der Waals surface area contributed by atoms with Crippen molar-refractivity contribution in [2.24, 2.45) is 0 Å². The second-order valence-electron chi connectivity index (χ2n) is 5.48. The molecule has 0 aliphatic carbocycles. The van der Waals surface area contributed by atoms with Crippen LogP contribution in [0.15, 0.2) is 47.1 Å². The van der Waals surface area contributed by atoms with Gasteiger partial charge in [0.05, 0.1) is 23.0 Å². The first kappa shape index (κ1) is 17.1. The van der Waals surface area contributed by atoms with Gasteiger partial charge in [-0.3, -0.25) is 4.79 Å². The Morgan fingerprint density at radius 2 is 1.91 bits per heavy atom. The fourth-order valence-corrected chi connectivity index (χ4v) is 2.15. The molecule has 0 aliphatic rings. The highest BCUT2D eigenvalue weighted by atomic mass is 19.4. The predicted octanol–water partition coefficient (Wildman–Crippen LogP) is 3.02. The van der Waals surface area contributed by atoms with Crippen LogP contribution in [0.2, 0.25) is 0 Å². The topological polar surface area (TPSA) is 62.5 Å². The van der Waals surface area contributed by atoms with Crippen molar-refractivity contribution in [1.82, 2.24) is 5.32 Å². The second-order valence-corrected chi connectivity index (χ2v) is 5.48. The molecule has 1 amide bonds. The van der Waals surface area contributed by atoms with Crippen molar-refractivity contribution >= 4 is 5.91 Å². The molecule has 1 aromatic carbocycles. The SMILES string of the molecule is C[C@@](O)(CNC(=O)c1ccccc1C(F)(F)F)Cc1ccco1. The fraction of sp³-hybridized carbons (Fsp3) is 0.312. The lowest BCUT2D eigenvalue weighted by Crippen LogP contribution is -2.42. The highest BCUT2D eigenvalue weighted by Crippen LogP contribution is 2.31. The minimum absolute atomic E-state index is 0.126. The van der Waals surface area contributed by atoms with Crippen molar-refractivity contribution in [3.05, 3.63) is 59.5 Å². The van der Waals surface area contributed by atoms with E-state index >= 15 is 0 Å². The molecule has 2 N–H and O–H groups in total. The smallest absolute Gasteiger partial charge is 0.417 e. The highest BCUT2D eigenvalue weighted by Gasteiger charge is 2.35. The van der Waals surface area contributed by atoms with Gasteiger partial charge in [-0.15, -0.1) is 0 Å². The molecule has 0 radical (unpaired) electrons. The maximum atomic E-state index is 12.9. The normalized spacial score (nSPS) is 14.3. The van der Waals surface area contributed by atoms with E-state index in [0.29, 0.717) is 5.76 Å². The number of benzene rings is 1. The van der Waals surface area contributed by atoms with Crippen LogP contribution < -0.4 is 5.32 Å². The molecule has 124 valence electrons. The number of amides is 1. The monoisotopic (exact) mass is 327 g/mol. The number of furan rings is 1. The fourth-order valence-electron chi connectivity index (χ4n) is 2.15. The molecule has 1 aromatic heterocycles. The lowest BCUT2D eigenvalue weighted by atomic mass is 10.00. The quantitative estimate of drug-likeness (QED) is 0.887. The Labute approximate surface area is 130 Å². The van der Waals surface area contributed by atoms with Crippen molar-refractivity contribution in [2.75, 3.05) is 6.54 Å². The molecule has 0 spiro atoms. The van der Waals surface area contributed by atoms with Crippen LogP contribution in [-0.2, 0) is 12.6 Å². The minimum atomic E-state index is -4.62. The van der Waals surface area contributed by atoms with E-state index in [4.69, 9.17) is 4.42 Å². The van der Waals surface area contributed by atoms with Crippen LogP contribution in [0.4, 0.5) is 13.2 Å². The summed E-state index contributed by atoms with van der Waals surface area (Å²) in [6.07, 6.45) is -3.05. The second kappa shape index (κ2) is 6.45. The number of halogens is 3. The van der Waals surface area contributed by atoms with Gasteiger partial charge in [0.25, 0.3) is 5.91 Å². The van der Waals surface area contributed by atoms with Crippen molar-refractivity contribution in [3.63, 3.8) is 0 Å². The van der Waals surface area contributed by atoms with Gasteiger partial charge >= 0.3 is 6.18 Å². The van der Waals surface area contributed by atoms with Gasteiger partial charge < -0.3 is 14.8 Å². The maximum Gasteiger partial charge on any atom is 0.417 e. The van der Waals surface area contributed by atoms with E-state index in [9.17, 15) is 23.1 Å². The van der Waals surface area contributed by atoms with E-state index < -0.39 is 28.8 Å². The van der Waals surface area contributed by atoms with Crippen LogP contribution in [0.3, 0.4) is 0 Å². The molecule has 7 heteroatoms. The molecule has 1 heterocycles. The average molecular weight is 327 g/mol. The Morgan fingerprint density at radius 1 is 1.22 bits per heavy atom. The Balaban J connectivity index is 2.05. The Bertz CT molecular complexity index is 663. The van der Waals surface area contributed by atoms with Crippen LogP contribution in [0, 0.1) is 0 Å². The molecular formula is C16H16F3NO3. The van der Waals surface area contributed by atoms with Gasteiger partial charge in [-0.25, -0.2) is 0 Å². The first-order valence-electron chi connectivity index (χ1n) is 6.88. The Morgan fingerprint density at radius 3 is 2.52 bits per heavy atom. The van der Waals surface area contributed by atoms with Gasteiger partial charge in [0, 0.05) is 13.0 Å². The Kier molecular flexibility index (Phi) is 4.79. The molecule has 2 aromatic rings. The Hall–Kier alpha value is -2.28. The summed E-state index contributed by atoms with van der Waals surface area (Å²) in [7, 11) is 0. The summed E-state index contributed by atoms with van der Waals surface area (Å²) in [6, 6.07) is 7.83. The van der Waals surface area contributed by atoms with Crippen LogP contribution in [0.25, 0.3) is 0 Å². The number of hydrogen-bond donors (Lipinski definition) is 2. The third-order valence-electron chi connectivity index (χ3n) is 3.24. The van der Waals surface area contributed by atoms with E-state index in [-0.39, 0.29) is 13.0 Å². The number of hydrogen-bond acceptors (Lipinski definition) is 3. The zero-order chi connectivity index (χ0) is 17.1. The molecule has 1 atom stereocenters. The van der Waals surface area contributed by atoms with Gasteiger partial charge in [0.2, 0.25) is 0 Å². The van der Waals surface area contributed by atoms with Gasteiger partial charge in [-0.1, -0.05) is 12.1 Å². The first-order valence-corrected chi connectivity index (χ1v) is 6.88. The summed E-state index contributed by atoms with van der Waals surface area (Å²) in [6.45, 7) is 1.25. The zero-order valence-corrected chi connectivity index (χ0v) is 12.4. The maximum absolute atomic E-state index is 12.9. The number of aliphatic hydroxyl groups is 1. The summed E-state index contributed by atoms with van der Waals surface area (Å²) in [5.74, 6) is -0.377. The molecule has 0 saturated carbocycles. The number of nitrogens with one attached hydrogen (secondary N) is 1. The lowest BCUT2D eigenvalue weighted by Gasteiger charge is -2.23. The number of rotatable bonds is 5. The van der Waals surface area contributed by atoms with Gasteiger partial charge in [0.15, 0.2) is 0 Å². The molecule has 0 aliphatic heterocycles. The van der Waals surface area contributed by atoms with Crippen molar-refractivity contribution in [3.8, 4) is 0 Å². The summed E-state index contributed by atoms with van der Waals surface area (Å²) in [5.41, 5.74) is -2.84. The zero-order valence-electron chi connectivity index (χ0n) is 12.4. The molecule has 0 bridgehead atoms. The van der Waals surface area contributed by atoms with Gasteiger partial charge in [-0.2, -0.15) is 13.2 Å². The van der Waals surface area contributed by atoms with E-state index in [0.717, 1.165) is 12.1 Å². The third kappa shape index (κ3) is 4.59. The van der Waals surface area contributed by atoms with Crippen LogP contribution >= 0.6 is 0 Å². The van der Waals surface area contributed by atoms with Gasteiger partial charge in [-0.05, 0) is 31.2 Å². The number of carbonyl (C=O) groups is 1. The molecule has 0 fully saturated rings. The molecule has 4 nitrogen and oxygen atoms in total.